The van der Waals surface area contributed by atoms with Crippen LogP contribution in [0.1, 0.15) is 49.9 Å². The molecule has 25 aromatic rings. The molecule has 0 spiro atoms. The van der Waals surface area contributed by atoms with Gasteiger partial charge in [-0.1, -0.05) is 313 Å². The van der Waals surface area contributed by atoms with E-state index in [1.807, 2.05) is 0 Å². The zero-order valence-corrected chi connectivity index (χ0v) is 75.7. The van der Waals surface area contributed by atoms with Crippen LogP contribution in [-0.2, 0) is 10.8 Å². The Labute approximate surface area is 789 Å². The molecular formula is C130H90N6. The Morgan fingerprint density at radius 3 is 0.926 bits per heavy atom. The van der Waals surface area contributed by atoms with Crippen molar-refractivity contribution in [3.05, 3.63) is 495 Å². The van der Waals surface area contributed by atoms with E-state index in [4.69, 9.17) is 0 Å². The molecule has 0 bridgehead atoms. The van der Waals surface area contributed by atoms with Gasteiger partial charge in [-0.2, -0.15) is 0 Å². The Bertz CT molecular complexity index is 9210. The largest absolute Gasteiger partial charge is 0.310 e. The summed E-state index contributed by atoms with van der Waals surface area (Å²) in [5.74, 6) is 0. The Balaban J connectivity index is 0.516. The predicted octanol–water partition coefficient (Wildman–Crippen LogP) is 35.1. The lowest BCUT2D eigenvalue weighted by atomic mass is 9.81. The average Bonchev–Trinajstić information content (AvgIpc) is 1.58. The van der Waals surface area contributed by atoms with Gasteiger partial charge < -0.3 is 28.1 Å². The minimum Gasteiger partial charge on any atom is -0.310 e. The minimum atomic E-state index is -0.329. The molecule has 0 atom stereocenters. The van der Waals surface area contributed by atoms with Gasteiger partial charge in [0, 0.05) is 110 Å². The van der Waals surface area contributed by atoms with Gasteiger partial charge in [-0.15, -0.1) is 0 Å². The lowest BCUT2D eigenvalue weighted by Crippen LogP contribution is -2.17. The first-order chi connectivity index (χ1) is 66.9. The second-order valence-electron chi connectivity index (χ2n) is 37.9. The molecule has 0 amide bonds. The van der Waals surface area contributed by atoms with Crippen molar-refractivity contribution in [2.24, 2.45) is 0 Å². The van der Waals surface area contributed by atoms with E-state index >= 15 is 0 Å². The molecule has 21 aromatic carbocycles. The fourth-order valence-corrected chi connectivity index (χ4v) is 23.1. The van der Waals surface area contributed by atoms with E-state index in [1.165, 1.54) is 176 Å². The Morgan fingerprint density at radius 2 is 0.449 bits per heavy atom. The molecule has 2 aliphatic carbocycles. The predicted molar refractivity (Wildman–Crippen MR) is 573 cm³/mol. The van der Waals surface area contributed by atoms with Crippen LogP contribution in [0.5, 0.6) is 0 Å². The molecule has 0 N–H and O–H groups in total. The third-order valence-corrected chi connectivity index (χ3v) is 29.7. The number of hydrogen-bond donors (Lipinski definition) is 0. The summed E-state index contributed by atoms with van der Waals surface area (Å²) in [6.07, 6.45) is 0. The van der Waals surface area contributed by atoms with Crippen LogP contribution in [-0.4, -0.2) is 18.3 Å². The maximum Gasteiger partial charge on any atom is 0.0547 e. The van der Waals surface area contributed by atoms with Crippen molar-refractivity contribution in [3.63, 3.8) is 0 Å². The lowest BCUT2D eigenvalue weighted by molar-refractivity contribution is 0.660. The van der Waals surface area contributed by atoms with Gasteiger partial charge in [0.2, 0.25) is 0 Å². The number of nitrogens with zero attached hydrogens (tertiary/aromatic N) is 6. The van der Waals surface area contributed by atoms with Gasteiger partial charge in [-0.3, -0.25) is 0 Å². The van der Waals surface area contributed by atoms with Gasteiger partial charge in [0.1, 0.15) is 0 Å². The van der Waals surface area contributed by atoms with E-state index in [9.17, 15) is 0 Å². The maximum atomic E-state index is 2.48. The molecule has 27 rings (SSSR count). The number of fused-ring (bicyclic) bond motifs is 19. The highest BCUT2D eigenvalue weighted by atomic mass is 15.2. The summed E-state index contributed by atoms with van der Waals surface area (Å²) in [6.45, 7) is 9.65. The van der Waals surface area contributed by atoms with E-state index in [1.54, 1.807) is 0 Å². The fraction of sp³-hybridized carbons (Fsp3) is 0.0462. The summed E-state index contributed by atoms with van der Waals surface area (Å²) in [4.78, 5) is 4.92. The summed E-state index contributed by atoms with van der Waals surface area (Å²) in [5, 5.41) is 12.3. The standard InChI is InChI=1S/C130H90N6/c1-129(2)116-77-87(89-54-66-112-108-40-19-23-44-120(108)135(127(112)79-89)95-35-15-8-16-36-95)52-64-103(116)105-68-62-99(81-118(105)129)131(97-60-50-84(51-61-97)86-56-71-125-114(75-86)110-42-21-25-46-122(110)133(125)93-31-11-6-12-32-93)96-58-48-83(49-59-96)85-28-27-37-98(74-85)136-121-45-24-20-41-109(121)113-67-55-90(80-128(113)136)88-53-65-104-106-69-63-100(82-119(106)130(3,4)117(104)78-88)132(92-29-9-5-10-30-92)124-73-70-101(102-38-17-18-39-107(102)124)91-57-72-126-115(76-91)111-43-22-26-47-123(111)134(126)94-33-13-7-14-34-94/h5-82H,1-4H3. The summed E-state index contributed by atoms with van der Waals surface area (Å²) < 4.78 is 9.68. The first kappa shape index (κ1) is 78.5. The summed E-state index contributed by atoms with van der Waals surface area (Å²) in [7, 11) is 0. The number of anilines is 6. The van der Waals surface area contributed by atoms with Crippen molar-refractivity contribution in [1.82, 2.24) is 18.3 Å². The number of benzene rings is 21. The zero-order chi connectivity index (χ0) is 90.2. The molecule has 0 saturated heterocycles. The first-order valence-electron chi connectivity index (χ1n) is 47.3. The van der Waals surface area contributed by atoms with Crippen LogP contribution in [0.3, 0.4) is 0 Å². The molecule has 0 fully saturated rings. The van der Waals surface area contributed by atoms with Crippen molar-refractivity contribution in [1.29, 1.82) is 0 Å². The van der Waals surface area contributed by atoms with Crippen LogP contribution in [0.15, 0.2) is 473 Å². The number of para-hydroxylation sites is 8. The second-order valence-corrected chi connectivity index (χ2v) is 37.9. The Kier molecular flexibility index (Phi) is 17.7. The van der Waals surface area contributed by atoms with Gasteiger partial charge in [0.15, 0.2) is 0 Å². The number of aromatic nitrogens is 4. The molecule has 0 radical (unpaired) electrons. The molecule has 0 unspecified atom stereocenters. The average molecular weight is 1740 g/mol. The zero-order valence-electron chi connectivity index (χ0n) is 75.7. The van der Waals surface area contributed by atoms with Gasteiger partial charge in [0.05, 0.1) is 49.8 Å². The Morgan fingerprint density at radius 1 is 0.154 bits per heavy atom. The van der Waals surface area contributed by atoms with Crippen LogP contribution >= 0.6 is 0 Å². The summed E-state index contributed by atoms with van der Waals surface area (Å²) >= 11 is 0. The fourth-order valence-electron chi connectivity index (χ4n) is 23.1. The Hall–Kier alpha value is -17.3. The van der Waals surface area contributed by atoms with E-state index < -0.39 is 0 Å². The molecule has 2 aliphatic rings. The number of rotatable bonds is 15. The molecule has 0 aliphatic heterocycles. The van der Waals surface area contributed by atoms with E-state index in [0.29, 0.717) is 0 Å². The van der Waals surface area contributed by atoms with Crippen molar-refractivity contribution < 1.29 is 0 Å². The number of hydrogen-bond acceptors (Lipinski definition) is 2. The van der Waals surface area contributed by atoms with E-state index in [2.05, 4.69) is 529 Å². The maximum absolute atomic E-state index is 2.48. The van der Waals surface area contributed by atoms with Crippen molar-refractivity contribution >= 4 is 132 Å². The van der Waals surface area contributed by atoms with Gasteiger partial charge in [0.25, 0.3) is 0 Å². The highest BCUT2D eigenvalue weighted by Crippen LogP contribution is 2.56. The van der Waals surface area contributed by atoms with E-state index in [-0.39, 0.29) is 10.8 Å². The van der Waals surface area contributed by atoms with Crippen molar-refractivity contribution in [2.75, 3.05) is 9.80 Å². The SMILES string of the molecule is CC1(C)c2cc(-c3ccc4c5ccccc5n(-c5ccccc5)c4c3)ccc2-c2ccc(N(c3ccc(-c4cccc(-n5c6ccccc6c6ccc(-c7ccc8c(c7)C(C)(C)c7cc(N(c9ccccc9)c9ccc(-c%10ccc%11c(c%10)c%10ccccc%10n%11-c%10ccccc%10)c%10ccccc9%10)ccc7-8)cc65)c4)cc3)c3ccc(-c4ccc5c(c4)c4ccccc4n5-c4ccccc4)cc3)cc21. The van der Waals surface area contributed by atoms with Gasteiger partial charge >= 0.3 is 0 Å². The normalized spacial score (nSPS) is 13.0. The van der Waals surface area contributed by atoms with Crippen molar-refractivity contribution in [3.8, 4) is 101 Å². The van der Waals surface area contributed by atoms with Gasteiger partial charge in [-0.25, -0.2) is 0 Å². The third-order valence-electron chi connectivity index (χ3n) is 29.7. The molecule has 640 valence electrons. The summed E-state index contributed by atoms with van der Waals surface area (Å²) in [6, 6.07) is 177. The molecule has 0 saturated carbocycles. The molecule has 136 heavy (non-hydrogen) atoms. The third kappa shape index (κ3) is 12.3. The second kappa shape index (κ2) is 30.6. The van der Waals surface area contributed by atoms with Crippen LogP contribution in [0, 0.1) is 0 Å². The minimum absolute atomic E-state index is 0.321. The van der Waals surface area contributed by atoms with E-state index in [0.717, 1.165) is 79.1 Å². The van der Waals surface area contributed by atoms with Crippen LogP contribution in [0.2, 0.25) is 0 Å². The summed E-state index contributed by atoms with van der Waals surface area (Å²) in [5.41, 5.74) is 42.1. The van der Waals surface area contributed by atoms with Crippen LogP contribution in [0.4, 0.5) is 34.1 Å². The smallest absolute Gasteiger partial charge is 0.0547 e. The molecule has 4 aromatic heterocycles. The van der Waals surface area contributed by atoms with Crippen molar-refractivity contribution in [2.45, 2.75) is 38.5 Å². The highest BCUT2D eigenvalue weighted by Gasteiger charge is 2.39. The molecule has 6 nitrogen and oxygen atoms in total. The molecule has 6 heteroatoms. The molecular weight excluding hydrogens is 1650 g/mol. The topological polar surface area (TPSA) is 26.2 Å². The molecule has 4 heterocycles. The monoisotopic (exact) mass is 1730 g/mol. The van der Waals surface area contributed by atoms with Crippen LogP contribution in [0.25, 0.3) is 199 Å². The lowest BCUT2D eigenvalue weighted by Gasteiger charge is -2.29. The van der Waals surface area contributed by atoms with Crippen LogP contribution < -0.4 is 9.80 Å². The quantitative estimate of drug-likeness (QED) is 0.102. The first-order valence-corrected chi connectivity index (χ1v) is 47.3. The highest BCUT2D eigenvalue weighted by molar-refractivity contribution is 6.16. The van der Waals surface area contributed by atoms with Gasteiger partial charge in [-0.05, 0) is 294 Å².